The summed E-state index contributed by atoms with van der Waals surface area (Å²) in [5.74, 6) is 0.452. The Morgan fingerprint density at radius 2 is 2.14 bits per heavy atom. The molecule has 0 spiro atoms. The van der Waals surface area contributed by atoms with Crippen LogP contribution in [0.15, 0.2) is 22.7 Å². The minimum absolute atomic E-state index is 0.0283. The van der Waals surface area contributed by atoms with Crippen molar-refractivity contribution in [2.45, 2.75) is 26.3 Å². The lowest BCUT2D eigenvalue weighted by Crippen LogP contribution is -2.18. The van der Waals surface area contributed by atoms with Crippen LogP contribution in [-0.4, -0.2) is 0 Å². The van der Waals surface area contributed by atoms with Crippen molar-refractivity contribution in [1.82, 2.24) is 0 Å². The predicted octanol–water partition coefficient (Wildman–Crippen LogP) is 4.15. The number of rotatable bonds is 3. The van der Waals surface area contributed by atoms with Crippen molar-refractivity contribution in [2.24, 2.45) is 11.7 Å². The lowest BCUT2D eigenvalue weighted by atomic mass is 9.93. The number of hydrogen-bond acceptors (Lipinski definition) is 1. The van der Waals surface area contributed by atoms with Crippen molar-refractivity contribution >= 4 is 27.5 Å². The average Bonchev–Trinajstić information content (AvgIpc) is 2.15. The molecule has 0 amide bonds. The van der Waals surface area contributed by atoms with Gasteiger partial charge in [-0.1, -0.05) is 53.9 Å². The second-order valence-electron chi connectivity index (χ2n) is 3.58. The lowest BCUT2D eigenvalue weighted by molar-refractivity contribution is 0.457. The molecule has 0 bridgehead atoms. The molecule has 0 radical (unpaired) electrons. The van der Waals surface area contributed by atoms with Gasteiger partial charge in [-0.05, 0) is 23.6 Å². The minimum Gasteiger partial charge on any atom is -0.324 e. The smallest absolute Gasteiger partial charge is 0.0465 e. The molecule has 0 fully saturated rings. The Kier molecular flexibility index (Phi) is 4.42. The zero-order valence-electron chi connectivity index (χ0n) is 8.43. The van der Waals surface area contributed by atoms with Crippen LogP contribution in [0.3, 0.4) is 0 Å². The van der Waals surface area contributed by atoms with Crippen LogP contribution in [0.1, 0.15) is 31.9 Å². The third-order valence-corrected chi connectivity index (χ3v) is 3.40. The van der Waals surface area contributed by atoms with Crippen LogP contribution in [0.5, 0.6) is 0 Å². The van der Waals surface area contributed by atoms with Gasteiger partial charge in [0.2, 0.25) is 0 Å². The van der Waals surface area contributed by atoms with Gasteiger partial charge in [-0.3, -0.25) is 0 Å². The van der Waals surface area contributed by atoms with E-state index in [1.165, 1.54) is 0 Å². The van der Waals surface area contributed by atoms with E-state index in [4.69, 9.17) is 17.3 Å². The highest BCUT2D eigenvalue weighted by atomic mass is 79.9. The van der Waals surface area contributed by atoms with Crippen LogP contribution in [0, 0.1) is 5.92 Å². The van der Waals surface area contributed by atoms with Gasteiger partial charge in [0.25, 0.3) is 0 Å². The molecule has 2 atom stereocenters. The summed E-state index contributed by atoms with van der Waals surface area (Å²) in [6.45, 7) is 4.28. The molecular weight excluding hydrogens is 261 g/mol. The SMILES string of the molecule is CCC(C)C(N)c1ccc(Br)cc1Cl. The minimum atomic E-state index is 0.0283. The van der Waals surface area contributed by atoms with Gasteiger partial charge in [0, 0.05) is 15.5 Å². The maximum absolute atomic E-state index is 6.12. The summed E-state index contributed by atoms with van der Waals surface area (Å²) in [4.78, 5) is 0. The highest BCUT2D eigenvalue weighted by Crippen LogP contribution is 2.30. The zero-order valence-corrected chi connectivity index (χ0v) is 10.8. The van der Waals surface area contributed by atoms with Crippen molar-refractivity contribution in [3.63, 3.8) is 0 Å². The highest BCUT2D eigenvalue weighted by molar-refractivity contribution is 9.10. The van der Waals surface area contributed by atoms with Crippen LogP contribution in [0.4, 0.5) is 0 Å². The summed E-state index contributed by atoms with van der Waals surface area (Å²) < 4.78 is 0.989. The Morgan fingerprint density at radius 3 is 2.64 bits per heavy atom. The largest absolute Gasteiger partial charge is 0.324 e. The monoisotopic (exact) mass is 275 g/mol. The topological polar surface area (TPSA) is 26.0 Å². The molecular formula is C11H15BrClN. The predicted molar refractivity (Wildman–Crippen MR) is 65.5 cm³/mol. The number of hydrogen-bond donors (Lipinski definition) is 1. The van der Waals surface area contributed by atoms with Crippen molar-refractivity contribution in [2.75, 3.05) is 0 Å². The molecule has 1 aromatic carbocycles. The van der Waals surface area contributed by atoms with Gasteiger partial charge < -0.3 is 5.73 Å². The summed E-state index contributed by atoms with van der Waals surface area (Å²) in [5.41, 5.74) is 7.13. The van der Waals surface area contributed by atoms with E-state index < -0.39 is 0 Å². The maximum Gasteiger partial charge on any atom is 0.0465 e. The standard InChI is InChI=1S/C11H15BrClN/c1-3-7(2)11(14)9-5-4-8(12)6-10(9)13/h4-7,11H,3,14H2,1-2H3. The molecule has 0 aliphatic heterocycles. The number of benzene rings is 1. The molecule has 2 N–H and O–H groups in total. The van der Waals surface area contributed by atoms with Crippen molar-refractivity contribution in [3.05, 3.63) is 33.3 Å². The Balaban J connectivity index is 2.95. The van der Waals surface area contributed by atoms with Gasteiger partial charge in [0.05, 0.1) is 0 Å². The van der Waals surface area contributed by atoms with Crippen LogP contribution < -0.4 is 5.73 Å². The van der Waals surface area contributed by atoms with Crippen LogP contribution in [0.25, 0.3) is 0 Å². The van der Waals surface area contributed by atoms with E-state index in [0.717, 1.165) is 21.5 Å². The number of halogens is 2. The molecule has 0 aliphatic carbocycles. The van der Waals surface area contributed by atoms with Gasteiger partial charge in [-0.2, -0.15) is 0 Å². The third kappa shape index (κ3) is 2.72. The summed E-state index contributed by atoms with van der Waals surface area (Å²) >= 11 is 9.49. The van der Waals surface area contributed by atoms with Crippen LogP contribution in [-0.2, 0) is 0 Å². The first-order chi connectivity index (χ1) is 6.56. The van der Waals surface area contributed by atoms with Gasteiger partial charge in [-0.25, -0.2) is 0 Å². The van der Waals surface area contributed by atoms with E-state index in [1.54, 1.807) is 0 Å². The van der Waals surface area contributed by atoms with Crippen molar-refractivity contribution in [1.29, 1.82) is 0 Å². The van der Waals surface area contributed by atoms with Gasteiger partial charge in [0.1, 0.15) is 0 Å². The first-order valence-corrected chi connectivity index (χ1v) is 5.94. The van der Waals surface area contributed by atoms with E-state index in [0.29, 0.717) is 5.92 Å². The normalized spacial score (nSPS) is 15.2. The molecule has 0 saturated heterocycles. The Hall–Kier alpha value is -0.0500. The fourth-order valence-electron chi connectivity index (χ4n) is 1.33. The van der Waals surface area contributed by atoms with Gasteiger partial charge >= 0.3 is 0 Å². The summed E-state index contributed by atoms with van der Waals surface area (Å²) in [6, 6.07) is 5.88. The van der Waals surface area contributed by atoms with Crippen LogP contribution >= 0.6 is 27.5 Å². The lowest BCUT2D eigenvalue weighted by Gasteiger charge is -2.19. The molecule has 0 aliphatic rings. The fraction of sp³-hybridized carbons (Fsp3) is 0.455. The molecule has 1 nitrogen and oxygen atoms in total. The summed E-state index contributed by atoms with van der Waals surface area (Å²) in [6.07, 6.45) is 1.06. The maximum atomic E-state index is 6.12. The first-order valence-electron chi connectivity index (χ1n) is 4.76. The Bertz CT molecular complexity index is 314. The Labute approximate surface area is 98.8 Å². The average molecular weight is 277 g/mol. The highest BCUT2D eigenvalue weighted by Gasteiger charge is 2.15. The quantitative estimate of drug-likeness (QED) is 0.882. The first kappa shape index (κ1) is 12.0. The van der Waals surface area contributed by atoms with Gasteiger partial charge in [-0.15, -0.1) is 0 Å². The summed E-state index contributed by atoms with van der Waals surface area (Å²) in [5, 5.41) is 0.743. The molecule has 0 aromatic heterocycles. The molecule has 2 unspecified atom stereocenters. The van der Waals surface area contributed by atoms with Crippen molar-refractivity contribution in [3.8, 4) is 0 Å². The van der Waals surface area contributed by atoms with Crippen LogP contribution in [0.2, 0.25) is 5.02 Å². The second kappa shape index (κ2) is 5.15. The fourth-order valence-corrected chi connectivity index (χ4v) is 2.13. The molecule has 3 heteroatoms. The molecule has 1 aromatic rings. The third-order valence-electron chi connectivity index (χ3n) is 2.58. The van der Waals surface area contributed by atoms with E-state index in [1.807, 2.05) is 18.2 Å². The molecule has 1 rings (SSSR count). The molecule has 14 heavy (non-hydrogen) atoms. The second-order valence-corrected chi connectivity index (χ2v) is 4.90. The summed E-state index contributed by atoms with van der Waals surface area (Å²) in [7, 11) is 0. The zero-order chi connectivity index (χ0) is 10.7. The number of nitrogens with two attached hydrogens (primary N) is 1. The molecule has 0 heterocycles. The van der Waals surface area contributed by atoms with E-state index >= 15 is 0 Å². The molecule has 78 valence electrons. The van der Waals surface area contributed by atoms with E-state index in [2.05, 4.69) is 29.8 Å². The Morgan fingerprint density at radius 1 is 1.50 bits per heavy atom. The van der Waals surface area contributed by atoms with Crippen molar-refractivity contribution < 1.29 is 0 Å². The molecule has 0 saturated carbocycles. The van der Waals surface area contributed by atoms with E-state index in [-0.39, 0.29) is 6.04 Å². The van der Waals surface area contributed by atoms with Gasteiger partial charge in [0.15, 0.2) is 0 Å². The van der Waals surface area contributed by atoms with E-state index in [9.17, 15) is 0 Å².